The number of carbonyl (C=O) groups excluding carboxylic acids is 2. The number of nitrogens with zero attached hydrogens (tertiary/aromatic N) is 2. The second kappa shape index (κ2) is 8.50. The van der Waals surface area contributed by atoms with E-state index < -0.39 is 0 Å². The zero-order valence-electron chi connectivity index (χ0n) is 19.0. The molecule has 3 saturated carbocycles. The Kier molecular flexibility index (Phi) is 5.32. The summed E-state index contributed by atoms with van der Waals surface area (Å²) in [6, 6.07) is 11.8. The summed E-state index contributed by atoms with van der Waals surface area (Å²) in [6.45, 7) is 1.66. The highest BCUT2D eigenvalue weighted by molar-refractivity contribution is 5.88. The highest BCUT2D eigenvalue weighted by Gasteiger charge is 2.57. The van der Waals surface area contributed by atoms with Crippen molar-refractivity contribution in [2.24, 2.45) is 5.92 Å². The van der Waals surface area contributed by atoms with Crippen molar-refractivity contribution in [3.05, 3.63) is 42.1 Å². The maximum atomic E-state index is 12.7. The van der Waals surface area contributed by atoms with Crippen molar-refractivity contribution >= 4 is 23.6 Å². The zero-order chi connectivity index (χ0) is 23.1. The van der Waals surface area contributed by atoms with Crippen molar-refractivity contribution in [2.45, 2.75) is 55.9 Å². The number of nitrogens with one attached hydrogen (secondary N) is 4. The van der Waals surface area contributed by atoms with E-state index in [0.29, 0.717) is 31.9 Å². The molecule has 34 heavy (non-hydrogen) atoms. The number of alkyl carbamates (subject to hydrolysis) is 1. The van der Waals surface area contributed by atoms with E-state index in [1.807, 2.05) is 30.3 Å². The molecule has 0 unspecified atom stereocenters. The molecule has 5 aliphatic rings. The van der Waals surface area contributed by atoms with Gasteiger partial charge >= 0.3 is 12.1 Å². The maximum absolute atomic E-state index is 12.7. The van der Waals surface area contributed by atoms with Gasteiger partial charge in [0.1, 0.15) is 12.2 Å². The van der Waals surface area contributed by atoms with Crippen LogP contribution in [-0.2, 0) is 9.47 Å². The van der Waals surface area contributed by atoms with Crippen molar-refractivity contribution in [2.75, 3.05) is 30.3 Å². The third-order valence-corrected chi connectivity index (χ3v) is 7.44. The molecule has 3 atom stereocenters. The number of rotatable bonds is 6. The first kappa shape index (κ1) is 21.3. The Hall–Kier alpha value is -3.27. The molecular formula is C24H30N6O4. The number of hydrogen-bond acceptors (Lipinski definition) is 6. The molecule has 7 rings (SSSR count). The molecule has 3 aliphatic carbocycles. The molecule has 0 radical (unpaired) electrons. The van der Waals surface area contributed by atoms with Crippen LogP contribution in [0.2, 0.25) is 0 Å². The van der Waals surface area contributed by atoms with Crippen LogP contribution < -0.4 is 16.0 Å². The fourth-order valence-electron chi connectivity index (χ4n) is 5.51. The summed E-state index contributed by atoms with van der Waals surface area (Å²) in [4.78, 5) is 26.7. The zero-order valence-corrected chi connectivity index (χ0v) is 19.0. The molecule has 10 nitrogen and oxygen atoms in total. The molecule has 1 aromatic heterocycles. The fraction of sp³-hybridized carbons (Fsp3) is 0.542. The van der Waals surface area contributed by atoms with E-state index in [0.717, 1.165) is 43.0 Å². The molecule has 2 aliphatic heterocycles. The van der Waals surface area contributed by atoms with Gasteiger partial charge in [0.25, 0.3) is 0 Å². The molecule has 2 aromatic rings. The van der Waals surface area contributed by atoms with Crippen LogP contribution in [0.1, 0.15) is 43.9 Å². The fourth-order valence-corrected chi connectivity index (χ4v) is 5.51. The quantitative estimate of drug-likeness (QED) is 0.519. The van der Waals surface area contributed by atoms with Crippen LogP contribution in [0.15, 0.2) is 36.4 Å². The predicted molar refractivity (Wildman–Crippen MR) is 124 cm³/mol. The Morgan fingerprint density at radius 3 is 2.79 bits per heavy atom. The van der Waals surface area contributed by atoms with Crippen LogP contribution in [0.25, 0.3) is 0 Å². The third-order valence-electron chi connectivity index (χ3n) is 7.44. The lowest BCUT2D eigenvalue weighted by molar-refractivity contribution is -0.0510. The molecule has 2 saturated heterocycles. The number of aromatic amines is 1. The lowest BCUT2D eigenvalue weighted by Crippen LogP contribution is -2.68. The number of urea groups is 1. The first-order valence-electron chi connectivity index (χ1n) is 12.1. The SMILES string of the molecule is O=C(NC12CC(C1)C2)O[C@H]1CO[C@@H](c2cc(NC(=O)N3CC[C@H](Nc4ccccc4)C3)n[nH]2)C1. The number of benzene rings is 1. The van der Waals surface area contributed by atoms with Crippen LogP contribution in [0.5, 0.6) is 0 Å². The van der Waals surface area contributed by atoms with Gasteiger partial charge in [0.15, 0.2) is 5.82 Å². The van der Waals surface area contributed by atoms with Gasteiger partial charge < -0.3 is 25.0 Å². The number of amides is 3. The number of likely N-dealkylation sites (tertiary alicyclic amines) is 1. The van der Waals surface area contributed by atoms with Crippen molar-refractivity contribution in [3.8, 4) is 0 Å². The number of aromatic nitrogens is 2. The van der Waals surface area contributed by atoms with Crippen molar-refractivity contribution < 1.29 is 19.1 Å². The summed E-state index contributed by atoms with van der Waals surface area (Å²) in [7, 11) is 0. The van der Waals surface area contributed by atoms with Gasteiger partial charge in [-0.25, -0.2) is 9.59 Å². The monoisotopic (exact) mass is 466 g/mol. The smallest absolute Gasteiger partial charge is 0.407 e. The molecule has 1 aromatic carbocycles. The van der Waals surface area contributed by atoms with Crippen molar-refractivity contribution in [1.82, 2.24) is 20.4 Å². The Balaban J connectivity index is 0.960. The van der Waals surface area contributed by atoms with Gasteiger partial charge in [0.05, 0.1) is 12.3 Å². The molecule has 3 heterocycles. The number of hydrogen-bond donors (Lipinski definition) is 4. The Morgan fingerprint density at radius 2 is 2.03 bits per heavy atom. The van der Waals surface area contributed by atoms with Gasteiger partial charge in [-0.15, -0.1) is 0 Å². The number of para-hydroxylation sites is 1. The predicted octanol–water partition coefficient (Wildman–Crippen LogP) is 3.24. The molecule has 4 N–H and O–H groups in total. The third kappa shape index (κ3) is 4.29. The molecule has 3 amide bonds. The van der Waals surface area contributed by atoms with E-state index in [1.54, 1.807) is 11.0 Å². The number of carbonyl (C=O) groups is 2. The first-order chi connectivity index (χ1) is 16.5. The molecule has 10 heteroatoms. The Labute approximate surface area is 197 Å². The van der Waals surface area contributed by atoms with E-state index in [-0.39, 0.29) is 35.9 Å². The maximum Gasteiger partial charge on any atom is 0.407 e. The standard InChI is InChI=1S/C24H30N6O4/c31-22(30-7-6-17(13-30)25-16-4-2-1-3-5-16)26-21-9-19(28-29-21)20-8-18(14-33-20)34-23(32)27-24-10-15(11-24)12-24/h1-5,9,15,17-18,20,25H,6-8,10-14H2,(H,27,32)(H2,26,28,29,31)/t15?,17-,18+,20+,24?/m0/s1. The number of anilines is 2. The van der Waals surface area contributed by atoms with Crippen molar-refractivity contribution in [3.63, 3.8) is 0 Å². The minimum atomic E-state index is -0.351. The number of ether oxygens (including phenoxy) is 2. The summed E-state index contributed by atoms with van der Waals surface area (Å²) < 4.78 is 11.4. The highest BCUT2D eigenvalue weighted by atomic mass is 16.6. The minimum Gasteiger partial charge on any atom is -0.444 e. The molecule has 180 valence electrons. The van der Waals surface area contributed by atoms with E-state index in [2.05, 4.69) is 26.1 Å². The van der Waals surface area contributed by atoms with E-state index in [1.165, 1.54) is 0 Å². The van der Waals surface area contributed by atoms with Gasteiger partial charge in [-0.1, -0.05) is 18.2 Å². The van der Waals surface area contributed by atoms with Gasteiger partial charge in [-0.3, -0.25) is 10.4 Å². The summed E-state index contributed by atoms with van der Waals surface area (Å²) in [5.41, 5.74) is 1.82. The number of H-pyrrole nitrogens is 1. The van der Waals surface area contributed by atoms with Crippen LogP contribution >= 0.6 is 0 Å². The van der Waals surface area contributed by atoms with Gasteiger partial charge in [0.2, 0.25) is 0 Å². The normalized spacial score (nSPS) is 31.4. The van der Waals surface area contributed by atoms with Crippen LogP contribution in [0, 0.1) is 5.92 Å². The molecular weight excluding hydrogens is 436 g/mol. The van der Waals surface area contributed by atoms with Gasteiger partial charge in [0, 0.05) is 42.8 Å². The second-order valence-electron chi connectivity index (χ2n) is 10.0. The largest absolute Gasteiger partial charge is 0.444 e. The second-order valence-corrected chi connectivity index (χ2v) is 10.0. The molecule has 0 spiro atoms. The Bertz CT molecular complexity index is 1040. The van der Waals surface area contributed by atoms with Crippen LogP contribution in [0.3, 0.4) is 0 Å². The minimum absolute atomic E-state index is 0.00403. The van der Waals surface area contributed by atoms with Gasteiger partial charge in [-0.05, 0) is 43.7 Å². The van der Waals surface area contributed by atoms with E-state index in [4.69, 9.17) is 9.47 Å². The Morgan fingerprint density at radius 1 is 1.21 bits per heavy atom. The first-order valence-corrected chi connectivity index (χ1v) is 12.1. The lowest BCUT2D eigenvalue weighted by atomic mass is 9.50. The van der Waals surface area contributed by atoms with Crippen molar-refractivity contribution in [1.29, 1.82) is 0 Å². The summed E-state index contributed by atoms with van der Waals surface area (Å²) >= 11 is 0. The average Bonchev–Trinajstić information content (AvgIpc) is 3.52. The summed E-state index contributed by atoms with van der Waals surface area (Å²) in [5, 5.41) is 16.5. The van der Waals surface area contributed by atoms with E-state index in [9.17, 15) is 9.59 Å². The van der Waals surface area contributed by atoms with Crippen LogP contribution in [-0.4, -0.2) is 64.6 Å². The average molecular weight is 467 g/mol. The van der Waals surface area contributed by atoms with Gasteiger partial charge in [-0.2, -0.15) is 5.10 Å². The summed E-state index contributed by atoms with van der Waals surface area (Å²) in [5.74, 6) is 1.25. The topological polar surface area (TPSA) is 121 Å². The lowest BCUT2D eigenvalue weighted by Gasteiger charge is -2.61. The summed E-state index contributed by atoms with van der Waals surface area (Å²) in [6.07, 6.45) is 3.78. The van der Waals surface area contributed by atoms with Crippen LogP contribution in [0.4, 0.5) is 21.1 Å². The molecule has 5 fully saturated rings. The molecule has 2 bridgehead atoms. The van der Waals surface area contributed by atoms with E-state index >= 15 is 0 Å². The highest BCUT2D eigenvalue weighted by Crippen LogP contribution is 2.56.